The Hall–Kier alpha value is -2.02. The van der Waals surface area contributed by atoms with Gasteiger partial charge in [0.05, 0.1) is 30.9 Å². The fourth-order valence-corrected chi connectivity index (χ4v) is 3.41. The van der Waals surface area contributed by atoms with Gasteiger partial charge in [-0.2, -0.15) is 13.2 Å². The van der Waals surface area contributed by atoms with Crippen LogP contribution in [0.1, 0.15) is 38.3 Å². The maximum absolute atomic E-state index is 13.3. The minimum atomic E-state index is -4.43. The Labute approximate surface area is 150 Å². The second-order valence-corrected chi connectivity index (χ2v) is 7.59. The van der Waals surface area contributed by atoms with Crippen LogP contribution in [-0.4, -0.2) is 41.9 Å². The van der Waals surface area contributed by atoms with E-state index in [-0.39, 0.29) is 24.8 Å². The second kappa shape index (κ2) is 6.61. The van der Waals surface area contributed by atoms with E-state index < -0.39 is 29.5 Å². The summed E-state index contributed by atoms with van der Waals surface area (Å²) in [6, 6.07) is 4.76. The monoisotopic (exact) mass is 369 g/mol. The quantitative estimate of drug-likeness (QED) is 0.732. The summed E-state index contributed by atoms with van der Waals surface area (Å²) >= 11 is 0. The lowest BCUT2D eigenvalue weighted by atomic mass is 9.88. The van der Waals surface area contributed by atoms with E-state index in [0.717, 1.165) is 6.07 Å². The van der Waals surface area contributed by atoms with Crippen LogP contribution in [0.5, 0.6) is 0 Å². The minimum Gasteiger partial charge on any atom is -0.444 e. The van der Waals surface area contributed by atoms with Gasteiger partial charge in [0.1, 0.15) is 5.60 Å². The van der Waals surface area contributed by atoms with E-state index >= 15 is 0 Å². The Bertz CT molecular complexity index is 721. The molecule has 1 fully saturated rings. The van der Waals surface area contributed by atoms with Gasteiger partial charge in [-0.15, -0.1) is 0 Å². The zero-order valence-electron chi connectivity index (χ0n) is 15.0. The number of carbonyl (C=O) groups excluding carboxylic acids is 1. The Morgan fingerprint density at radius 3 is 2.50 bits per heavy atom. The van der Waals surface area contributed by atoms with E-state index in [1.807, 2.05) is 0 Å². The Kier molecular flexibility index (Phi) is 4.77. The first kappa shape index (κ1) is 18.8. The Morgan fingerprint density at radius 2 is 1.88 bits per heavy atom. The van der Waals surface area contributed by atoms with Crippen molar-refractivity contribution in [2.75, 3.05) is 13.2 Å². The summed E-state index contributed by atoms with van der Waals surface area (Å²) in [6.45, 7) is 5.86. The predicted octanol–water partition coefficient (Wildman–Crippen LogP) is 4.50. The lowest BCUT2D eigenvalue weighted by Crippen LogP contribution is -2.57. The van der Waals surface area contributed by atoms with Crippen molar-refractivity contribution in [2.24, 2.45) is 0 Å². The molecule has 1 aromatic rings. The summed E-state index contributed by atoms with van der Waals surface area (Å²) < 4.78 is 51.0. The number of benzene rings is 1. The molecule has 2 atom stereocenters. The number of alkyl halides is 3. The topological polar surface area (TPSA) is 38.8 Å². The van der Waals surface area contributed by atoms with Crippen molar-refractivity contribution in [3.05, 3.63) is 41.5 Å². The highest BCUT2D eigenvalue weighted by atomic mass is 19.4. The largest absolute Gasteiger partial charge is 0.444 e. The molecule has 0 saturated carbocycles. The molecule has 3 rings (SSSR count). The van der Waals surface area contributed by atoms with E-state index in [1.54, 1.807) is 37.8 Å². The van der Waals surface area contributed by atoms with Gasteiger partial charge in [0.15, 0.2) is 0 Å². The summed E-state index contributed by atoms with van der Waals surface area (Å²) in [6.07, 6.45) is -2.89. The summed E-state index contributed by atoms with van der Waals surface area (Å²) in [7, 11) is 0. The van der Waals surface area contributed by atoms with Gasteiger partial charge in [0, 0.05) is 0 Å². The zero-order valence-corrected chi connectivity index (χ0v) is 15.0. The maximum atomic E-state index is 13.3. The molecule has 0 aliphatic carbocycles. The number of halogens is 3. The highest BCUT2D eigenvalue weighted by Gasteiger charge is 2.42. The van der Waals surface area contributed by atoms with Crippen molar-refractivity contribution in [3.63, 3.8) is 0 Å². The Morgan fingerprint density at radius 1 is 1.19 bits per heavy atom. The van der Waals surface area contributed by atoms with Crippen molar-refractivity contribution in [1.29, 1.82) is 0 Å². The van der Waals surface area contributed by atoms with Crippen molar-refractivity contribution in [3.8, 4) is 0 Å². The first-order chi connectivity index (χ1) is 12.1. The molecule has 2 aliphatic heterocycles. The Balaban J connectivity index is 1.94. The van der Waals surface area contributed by atoms with Crippen LogP contribution in [0.15, 0.2) is 30.3 Å². The van der Waals surface area contributed by atoms with Crippen LogP contribution in [0.2, 0.25) is 0 Å². The molecular formula is C19H22F3NO3. The molecule has 7 heteroatoms. The fourth-order valence-electron chi connectivity index (χ4n) is 3.41. The lowest BCUT2D eigenvalue weighted by molar-refractivity contribution is -0.137. The van der Waals surface area contributed by atoms with Crippen LogP contribution in [0.3, 0.4) is 0 Å². The third-order valence-corrected chi connectivity index (χ3v) is 4.38. The number of fused-ring (bicyclic) bond motifs is 2. The average molecular weight is 369 g/mol. The smallest absolute Gasteiger partial charge is 0.416 e. The number of hydrogen-bond donors (Lipinski definition) is 0. The number of morpholine rings is 1. The summed E-state index contributed by atoms with van der Waals surface area (Å²) in [5.74, 6) is 0. The molecule has 0 radical (unpaired) electrons. The van der Waals surface area contributed by atoms with E-state index in [4.69, 9.17) is 9.47 Å². The molecule has 4 nitrogen and oxygen atoms in total. The number of amides is 1. The molecule has 2 unspecified atom stereocenters. The summed E-state index contributed by atoms with van der Waals surface area (Å²) in [5, 5.41) is 0. The van der Waals surface area contributed by atoms with Gasteiger partial charge in [-0.05, 0) is 44.4 Å². The van der Waals surface area contributed by atoms with Crippen molar-refractivity contribution in [2.45, 2.75) is 51.1 Å². The molecule has 26 heavy (non-hydrogen) atoms. The third-order valence-electron chi connectivity index (χ3n) is 4.38. The molecule has 1 saturated heterocycles. The van der Waals surface area contributed by atoms with Gasteiger partial charge in [-0.3, -0.25) is 4.90 Å². The van der Waals surface area contributed by atoms with E-state index in [0.29, 0.717) is 12.0 Å². The molecular weight excluding hydrogens is 347 g/mol. The number of nitrogens with zero attached hydrogens (tertiary/aromatic N) is 1. The van der Waals surface area contributed by atoms with E-state index in [9.17, 15) is 18.0 Å². The van der Waals surface area contributed by atoms with Gasteiger partial charge < -0.3 is 9.47 Å². The van der Waals surface area contributed by atoms with Crippen molar-refractivity contribution >= 4 is 11.7 Å². The van der Waals surface area contributed by atoms with Gasteiger partial charge in [0.2, 0.25) is 0 Å². The molecule has 2 aliphatic rings. The maximum Gasteiger partial charge on any atom is 0.416 e. The highest BCUT2D eigenvalue weighted by molar-refractivity contribution is 5.76. The van der Waals surface area contributed by atoms with Crippen LogP contribution >= 0.6 is 0 Å². The van der Waals surface area contributed by atoms with Crippen molar-refractivity contribution < 1.29 is 27.4 Å². The molecule has 142 valence electrons. The predicted molar refractivity (Wildman–Crippen MR) is 90.5 cm³/mol. The third kappa shape index (κ3) is 3.87. The zero-order chi connectivity index (χ0) is 19.1. The molecule has 1 aromatic carbocycles. The highest BCUT2D eigenvalue weighted by Crippen LogP contribution is 2.39. The average Bonchev–Trinajstić information content (AvgIpc) is 2.51. The van der Waals surface area contributed by atoms with Crippen LogP contribution in [0.4, 0.5) is 18.0 Å². The van der Waals surface area contributed by atoms with Crippen LogP contribution in [0.25, 0.3) is 5.57 Å². The number of hydrogen-bond acceptors (Lipinski definition) is 3. The molecule has 0 spiro atoms. The molecule has 0 N–H and O–H groups in total. The lowest BCUT2D eigenvalue weighted by Gasteiger charge is -2.44. The summed E-state index contributed by atoms with van der Waals surface area (Å²) in [5.41, 5.74) is -0.535. The summed E-state index contributed by atoms with van der Waals surface area (Å²) in [4.78, 5) is 14.1. The number of rotatable bonds is 1. The van der Waals surface area contributed by atoms with E-state index in [2.05, 4.69) is 0 Å². The molecule has 2 bridgehead atoms. The van der Waals surface area contributed by atoms with Crippen LogP contribution in [-0.2, 0) is 15.7 Å². The first-order valence-electron chi connectivity index (χ1n) is 8.52. The molecule has 1 amide bonds. The normalized spacial score (nSPS) is 23.5. The van der Waals surface area contributed by atoms with Gasteiger partial charge in [-0.25, -0.2) is 4.79 Å². The van der Waals surface area contributed by atoms with Crippen LogP contribution in [0, 0.1) is 0 Å². The van der Waals surface area contributed by atoms with E-state index in [1.165, 1.54) is 12.1 Å². The molecule has 2 heterocycles. The number of ether oxygens (including phenoxy) is 2. The van der Waals surface area contributed by atoms with Gasteiger partial charge in [-0.1, -0.05) is 24.3 Å². The SMILES string of the molecule is CC(C)(C)OC(=O)N1C2C=C(c3ccccc3C(F)(F)F)CC1COC2. The first-order valence-corrected chi connectivity index (χ1v) is 8.52. The molecule has 0 aromatic heterocycles. The standard InChI is InChI=1S/C19H22F3NO3/c1-18(2,3)26-17(24)23-13-8-12(9-14(23)11-25-10-13)15-6-4-5-7-16(15)19(20,21)22/h4-8,13-14H,9-11H2,1-3H3. The number of carbonyl (C=O) groups is 1. The minimum absolute atomic E-state index is 0.167. The van der Waals surface area contributed by atoms with Crippen molar-refractivity contribution in [1.82, 2.24) is 4.90 Å². The van der Waals surface area contributed by atoms with Gasteiger partial charge >= 0.3 is 12.3 Å². The second-order valence-electron chi connectivity index (χ2n) is 7.59. The van der Waals surface area contributed by atoms with Gasteiger partial charge in [0.25, 0.3) is 0 Å². The fraction of sp³-hybridized carbons (Fsp3) is 0.526. The van der Waals surface area contributed by atoms with Crippen LogP contribution < -0.4 is 0 Å².